The number of hydrogen-bond donors (Lipinski definition) is 2. The molecule has 4 nitrogen and oxygen atoms in total. The van der Waals surface area contributed by atoms with Gasteiger partial charge in [-0.05, 0) is 33.6 Å². The van der Waals surface area contributed by atoms with Gasteiger partial charge in [-0.3, -0.25) is 4.90 Å². The molecule has 3 N–H and O–H groups in total. The number of morpholine rings is 1. The summed E-state index contributed by atoms with van der Waals surface area (Å²) in [5, 5.41) is 3.15. The lowest BCUT2D eigenvalue weighted by Gasteiger charge is -2.26. The molecule has 0 radical (unpaired) electrons. The fourth-order valence-electron chi connectivity index (χ4n) is 1.30. The predicted molar refractivity (Wildman–Crippen MR) is 55.9 cm³/mol. The van der Waals surface area contributed by atoms with Gasteiger partial charge >= 0.3 is 0 Å². The van der Waals surface area contributed by atoms with E-state index in [-0.39, 0.29) is 0 Å². The van der Waals surface area contributed by atoms with Crippen LogP contribution < -0.4 is 11.1 Å². The van der Waals surface area contributed by atoms with Gasteiger partial charge in [-0.25, -0.2) is 0 Å². The molecule has 0 amide bonds. The third-order valence-corrected chi connectivity index (χ3v) is 2.00. The van der Waals surface area contributed by atoms with Crippen LogP contribution in [-0.2, 0) is 4.74 Å². The van der Waals surface area contributed by atoms with Crippen molar-refractivity contribution in [1.82, 2.24) is 10.2 Å². The molecule has 0 aliphatic carbocycles. The van der Waals surface area contributed by atoms with E-state index in [0.717, 1.165) is 32.8 Å². The van der Waals surface area contributed by atoms with Crippen molar-refractivity contribution in [1.29, 1.82) is 0 Å². The fourth-order valence-corrected chi connectivity index (χ4v) is 1.30. The van der Waals surface area contributed by atoms with Gasteiger partial charge < -0.3 is 15.8 Å². The van der Waals surface area contributed by atoms with Gasteiger partial charge in [0.1, 0.15) is 0 Å². The van der Waals surface area contributed by atoms with Crippen LogP contribution in [0.2, 0.25) is 0 Å². The van der Waals surface area contributed by atoms with Gasteiger partial charge in [0, 0.05) is 13.1 Å². The van der Waals surface area contributed by atoms with Gasteiger partial charge in [-0.2, -0.15) is 0 Å². The minimum atomic E-state index is 0.916. The van der Waals surface area contributed by atoms with Gasteiger partial charge in [-0.1, -0.05) is 0 Å². The van der Waals surface area contributed by atoms with Crippen molar-refractivity contribution in [2.24, 2.45) is 5.73 Å². The molecule has 0 aromatic rings. The first-order chi connectivity index (χ1) is 6.43. The Bertz CT molecular complexity index is 94.9. The van der Waals surface area contributed by atoms with Crippen molar-refractivity contribution in [2.75, 3.05) is 53.5 Å². The van der Waals surface area contributed by atoms with Crippen molar-refractivity contribution < 1.29 is 4.74 Å². The highest BCUT2D eigenvalue weighted by Gasteiger charge is 2.08. The quantitative estimate of drug-likeness (QED) is 0.586. The molecular weight excluding hydrogens is 166 g/mol. The summed E-state index contributed by atoms with van der Waals surface area (Å²) in [7, 11) is 3.50. The van der Waals surface area contributed by atoms with Crippen LogP contribution in [-0.4, -0.2) is 58.4 Å². The first-order valence-electron chi connectivity index (χ1n) is 4.96. The maximum Gasteiger partial charge on any atom is 0.0594 e. The van der Waals surface area contributed by atoms with E-state index in [1.807, 2.05) is 7.05 Å². The molecule has 13 heavy (non-hydrogen) atoms. The van der Waals surface area contributed by atoms with Crippen LogP contribution in [0.3, 0.4) is 0 Å². The SMILES string of the molecule is CN.CNCCCN1CCOCC1. The first kappa shape index (κ1) is 12.8. The molecule has 0 spiro atoms. The lowest BCUT2D eigenvalue weighted by atomic mass is 10.3. The summed E-state index contributed by atoms with van der Waals surface area (Å²) < 4.78 is 5.25. The average Bonchev–Trinajstić information content (AvgIpc) is 2.23. The lowest BCUT2D eigenvalue weighted by Crippen LogP contribution is -2.37. The molecule has 1 fully saturated rings. The van der Waals surface area contributed by atoms with Crippen LogP contribution in [0.15, 0.2) is 0 Å². The number of rotatable bonds is 4. The fraction of sp³-hybridized carbons (Fsp3) is 1.00. The largest absolute Gasteiger partial charge is 0.379 e. The zero-order valence-corrected chi connectivity index (χ0v) is 8.88. The monoisotopic (exact) mass is 189 g/mol. The van der Waals surface area contributed by atoms with E-state index in [0.29, 0.717) is 0 Å². The molecule has 1 rings (SSSR count). The molecule has 1 saturated heterocycles. The Balaban J connectivity index is 0.000000671. The lowest BCUT2D eigenvalue weighted by molar-refractivity contribution is 0.0375. The van der Waals surface area contributed by atoms with Crippen LogP contribution in [0.5, 0.6) is 0 Å². The Kier molecular flexibility index (Phi) is 9.80. The van der Waals surface area contributed by atoms with Crippen molar-refractivity contribution in [2.45, 2.75) is 6.42 Å². The van der Waals surface area contributed by atoms with Crippen LogP contribution in [0.4, 0.5) is 0 Å². The topological polar surface area (TPSA) is 50.5 Å². The summed E-state index contributed by atoms with van der Waals surface area (Å²) in [5.41, 5.74) is 4.50. The van der Waals surface area contributed by atoms with Crippen molar-refractivity contribution in [3.05, 3.63) is 0 Å². The molecule has 0 unspecified atom stereocenters. The number of ether oxygens (including phenoxy) is 1. The van der Waals surface area contributed by atoms with Crippen LogP contribution in [0.25, 0.3) is 0 Å². The van der Waals surface area contributed by atoms with Crippen LogP contribution >= 0.6 is 0 Å². The Morgan fingerprint density at radius 3 is 2.46 bits per heavy atom. The zero-order valence-electron chi connectivity index (χ0n) is 8.88. The molecule has 0 atom stereocenters. The van der Waals surface area contributed by atoms with E-state index in [1.54, 1.807) is 0 Å². The first-order valence-corrected chi connectivity index (χ1v) is 4.96. The van der Waals surface area contributed by atoms with E-state index in [1.165, 1.54) is 20.0 Å². The maximum absolute atomic E-state index is 5.25. The molecule has 0 aromatic carbocycles. The number of nitrogens with two attached hydrogens (primary N) is 1. The van der Waals surface area contributed by atoms with Gasteiger partial charge in [0.05, 0.1) is 13.2 Å². The minimum Gasteiger partial charge on any atom is -0.379 e. The third-order valence-electron chi connectivity index (χ3n) is 2.00. The summed E-state index contributed by atoms with van der Waals surface area (Å²) in [4.78, 5) is 2.46. The smallest absolute Gasteiger partial charge is 0.0594 e. The predicted octanol–water partition coefficient (Wildman–Crippen LogP) is -0.497. The van der Waals surface area contributed by atoms with Crippen molar-refractivity contribution >= 4 is 0 Å². The molecule has 1 aliphatic rings. The second kappa shape index (κ2) is 9.92. The van der Waals surface area contributed by atoms with Crippen molar-refractivity contribution in [3.63, 3.8) is 0 Å². The Labute approximate surface area is 81.4 Å². The van der Waals surface area contributed by atoms with E-state index in [9.17, 15) is 0 Å². The van der Waals surface area contributed by atoms with E-state index >= 15 is 0 Å². The maximum atomic E-state index is 5.25. The minimum absolute atomic E-state index is 0.916. The summed E-state index contributed by atoms with van der Waals surface area (Å²) in [6.07, 6.45) is 1.25. The summed E-state index contributed by atoms with van der Waals surface area (Å²) >= 11 is 0. The second-order valence-corrected chi connectivity index (χ2v) is 2.91. The van der Waals surface area contributed by atoms with E-state index in [4.69, 9.17) is 4.74 Å². The second-order valence-electron chi connectivity index (χ2n) is 2.91. The molecule has 0 aromatic heterocycles. The summed E-state index contributed by atoms with van der Waals surface area (Å²) in [5.74, 6) is 0. The highest BCUT2D eigenvalue weighted by molar-refractivity contribution is 4.61. The summed E-state index contributed by atoms with van der Waals surface area (Å²) in [6, 6.07) is 0. The highest BCUT2D eigenvalue weighted by atomic mass is 16.5. The molecule has 0 saturated carbocycles. The Morgan fingerprint density at radius 1 is 1.31 bits per heavy atom. The van der Waals surface area contributed by atoms with Gasteiger partial charge in [0.25, 0.3) is 0 Å². The standard InChI is InChI=1S/C8H18N2O.CH5N/c1-9-3-2-4-10-5-7-11-8-6-10;1-2/h9H,2-8H2,1H3;2H2,1H3. The molecule has 4 heteroatoms. The van der Waals surface area contributed by atoms with Crippen LogP contribution in [0.1, 0.15) is 6.42 Å². The van der Waals surface area contributed by atoms with Gasteiger partial charge in [-0.15, -0.1) is 0 Å². The zero-order chi connectivity index (χ0) is 9.94. The number of hydrogen-bond acceptors (Lipinski definition) is 4. The number of nitrogens with zero attached hydrogens (tertiary/aromatic N) is 1. The van der Waals surface area contributed by atoms with E-state index in [2.05, 4.69) is 16.0 Å². The highest BCUT2D eigenvalue weighted by Crippen LogP contribution is 1.96. The molecule has 1 aliphatic heterocycles. The average molecular weight is 189 g/mol. The number of nitrogens with one attached hydrogen (secondary N) is 1. The normalized spacial score (nSPS) is 17.8. The van der Waals surface area contributed by atoms with Crippen molar-refractivity contribution in [3.8, 4) is 0 Å². The third kappa shape index (κ3) is 6.95. The molecular formula is C9H23N3O. The molecule has 80 valence electrons. The Morgan fingerprint density at radius 2 is 1.92 bits per heavy atom. The summed E-state index contributed by atoms with van der Waals surface area (Å²) in [6.45, 7) is 6.40. The molecule has 1 heterocycles. The Hall–Kier alpha value is -0.160. The van der Waals surface area contributed by atoms with Crippen LogP contribution in [0, 0.1) is 0 Å². The van der Waals surface area contributed by atoms with E-state index < -0.39 is 0 Å². The van der Waals surface area contributed by atoms with Gasteiger partial charge in [0.15, 0.2) is 0 Å². The molecule has 0 bridgehead atoms. The van der Waals surface area contributed by atoms with Gasteiger partial charge in [0.2, 0.25) is 0 Å².